The standard InChI is InChI=1S/C7H11NO4S/c1-2-7(5(8)6(9)10)3-13(11,12)4-7/h1,5,11-12H,3-4,8H2,(H,9,10)/t5-/m1/s1. The highest BCUT2D eigenvalue weighted by Gasteiger charge is 2.53. The fourth-order valence-corrected chi connectivity index (χ4v) is 3.46. The molecule has 1 rings (SSSR count). The highest BCUT2D eigenvalue weighted by atomic mass is 32.3. The third-order valence-electron chi connectivity index (χ3n) is 2.13. The Morgan fingerprint density at radius 2 is 2.08 bits per heavy atom. The summed E-state index contributed by atoms with van der Waals surface area (Å²) in [5.41, 5.74) is 4.26. The number of nitrogens with two attached hydrogens (primary N) is 1. The molecule has 13 heavy (non-hydrogen) atoms. The van der Waals surface area contributed by atoms with Crippen LogP contribution in [-0.4, -0.2) is 37.7 Å². The maximum Gasteiger partial charge on any atom is 0.322 e. The summed E-state index contributed by atoms with van der Waals surface area (Å²) >= 11 is 0. The van der Waals surface area contributed by atoms with Crippen LogP contribution in [0.1, 0.15) is 0 Å². The van der Waals surface area contributed by atoms with E-state index in [1.54, 1.807) is 0 Å². The van der Waals surface area contributed by atoms with Crippen molar-refractivity contribution in [2.24, 2.45) is 11.1 Å². The average Bonchev–Trinajstić information content (AvgIpc) is 1.97. The molecule has 0 amide bonds. The first kappa shape index (κ1) is 10.3. The maximum atomic E-state index is 10.5. The summed E-state index contributed by atoms with van der Waals surface area (Å²) in [4.78, 5) is 10.5. The molecule has 1 atom stereocenters. The number of hydrogen-bond acceptors (Lipinski definition) is 4. The normalized spacial score (nSPS) is 27.8. The Balaban J connectivity index is 2.78. The largest absolute Gasteiger partial charge is 0.480 e. The molecule has 1 heterocycles. The molecule has 6 heteroatoms. The van der Waals surface area contributed by atoms with Gasteiger partial charge in [-0.3, -0.25) is 13.9 Å². The van der Waals surface area contributed by atoms with Gasteiger partial charge in [0.1, 0.15) is 6.04 Å². The zero-order valence-electron chi connectivity index (χ0n) is 6.80. The number of hydrogen-bond donors (Lipinski definition) is 4. The van der Waals surface area contributed by atoms with Gasteiger partial charge in [0, 0.05) is 0 Å². The van der Waals surface area contributed by atoms with Crippen molar-refractivity contribution < 1.29 is 19.0 Å². The summed E-state index contributed by atoms with van der Waals surface area (Å²) in [5, 5.41) is 8.61. The van der Waals surface area contributed by atoms with Gasteiger partial charge < -0.3 is 10.8 Å². The molecule has 0 spiro atoms. The lowest BCUT2D eigenvalue weighted by Crippen LogP contribution is -2.58. The molecule has 5 nitrogen and oxygen atoms in total. The van der Waals surface area contributed by atoms with Crippen LogP contribution >= 0.6 is 10.6 Å². The number of aliphatic carboxylic acids is 1. The molecule has 0 radical (unpaired) electrons. The van der Waals surface area contributed by atoms with Gasteiger partial charge in [0.25, 0.3) is 0 Å². The molecule has 74 valence electrons. The van der Waals surface area contributed by atoms with E-state index in [1.807, 2.05) is 0 Å². The second kappa shape index (κ2) is 2.89. The van der Waals surface area contributed by atoms with E-state index >= 15 is 0 Å². The van der Waals surface area contributed by atoms with E-state index in [0.29, 0.717) is 0 Å². The van der Waals surface area contributed by atoms with Gasteiger partial charge in [0.2, 0.25) is 0 Å². The van der Waals surface area contributed by atoms with Gasteiger partial charge >= 0.3 is 5.97 Å². The van der Waals surface area contributed by atoms with Gasteiger partial charge in [0.15, 0.2) is 0 Å². The van der Waals surface area contributed by atoms with E-state index in [1.165, 1.54) is 0 Å². The van der Waals surface area contributed by atoms with Crippen LogP contribution in [0.3, 0.4) is 0 Å². The number of rotatable bonds is 2. The lowest BCUT2D eigenvalue weighted by Gasteiger charge is -2.54. The van der Waals surface area contributed by atoms with Crippen molar-refractivity contribution in [1.29, 1.82) is 0 Å². The average molecular weight is 205 g/mol. The predicted molar refractivity (Wildman–Crippen MR) is 49.5 cm³/mol. The molecular weight excluding hydrogens is 194 g/mol. The molecule has 0 bridgehead atoms. The summed E-state index contributed by atoms with van der Waals surface area (Å²) in [5.74, 6) is 0.817. The van der Waals surface area contributed by atoms with Crippen molar-refractivity contribution in [1.82, 2.24) is 0 Å². The minimum absolute atomic E-state index is 0.107. The molecule has 0 aliphatic carbocycles. The molecular formula is C7H11NO4S. The van der Waals surface area contributed by atoms with Gasteiger partial charge in [-0.1, -0.05) is 5.92 Å². The highest BCUT2D eigenvalue weighted by Crippen LogP contribution is 2.59. The number of carboxylic acids is 1. The zero-order valence-corrected chi connectivity index (χ0v) is 7.62. The Morgan fingerprint density at radius 3 is 2.31 bits per heavy atom. The molecule has 1 aliphatic rings. The Hall–Kier alpha value is -0.740. The first-order valence-corrected chi connectivity index (χ1v) is 5.41. The number of carbonyl (C=O) groups is 1. The van der Waals surface area contributed by atoms with Crippen LogP contribution in [0.5, 0.6) is 0 Å². The fourth-order valence-electron chi connectivity index (χ4n) is 1.37. The molecule has 0 aromatic heterocycles. The quantitative estimate of drug-likeness (QED) is 0.467. The molecule has 1 saturated heterocycles. The summed E-state index contributed by atoms with van der Waals surface area (Å²) < 4.78 is 18.2. The van der Waals surface area contributed by atoms with Crippen LogP contribution in [0.25, 0.3) is 0 Å². The van der Waals surface area contributed by atoms with Crippen LogP contribution in [0.2, 0.25) is 0 Å². The summed E-state index contributed by atoms with van der Waals surface area (Å²) in [6.45, 7) is 0. The lowest BCUT2D eigenvalue weighted by molar-refractivity contribution is -0.140. The topological polar surface area (TPSA) is 104 Å². The first-order chi connectivity index (χ1) is 5.83. The van der Waals surface area contributed by atoms with Crippen LogP contribution in [0.4, 0.5) is 0 Å². The fraction of sp³-hybridized carbons (Fsp3) is 0.571. The summed E-state index contributed by atoms with van der Waals surface area (Å²) in [6.07, 6.45) is 5.13. The van der Waals surface area contributed by atoms with Crippen LogP contribution < -0.4 is 5.73 Å². The third kappa shape index (κ3) is 1.64. The van der Waals surface area contributed by atoms with Crippen molar-refractivity contribution in [2.75, 3.05) is 11.5 Å². The Bertz CT molecular complexity index is 275. The molecule has 0 saturated carbocycles. The van der Waals surface area contributed by atoms with Crippen molar-refractivity contribution in [3.8, 4) is 12.3 Å². The van der Waals surface area contributed by atoms with E-state index in [0.717, 1.165) is 0 Å². The SMILES string of the molecule is C#CC1([C@H](N)C(=O)O)CS(O)(O)C1. The molecule has 0 aromatic carbocycles. The first-order valence-electron chi connectivity index (χ1n) is 3.53. The second-order valence-corrected chi connectivity index (χ2v) is 5.39. The predicted octanol–water partition coefficient (Wildman–Crippen LogP) is -0.218. The summed E-state index contributed by atoms with van der Waals surface area (Å²) in [7, 11) is -2.67. The third-order valence-corrected chi connectivity index (χ3v) is 4.08. The Labute approximate surface area is 77.3 Å². The zero-order chi connectivity index (χ0) is 10.3. The minimum atomic E-state index is -2.67. The minimum Gasteiger partial charge on any atom is -0.480 e. The Morgan fingerprint density at radius 1 is 1.62 bits per heavy atom. The van der Waals surface area contributed by atoms with Gasteiger partial charge in [0.05, 0.1) is 16.9 Å². The van der Waals surface area contributed by atoms with E-state index in [2.05, 4.69) is 5.92 Å². The van der Waals surface area contributed by atoms with E-state index in [4.69, 9.17) is 26.4 Å². The molecule has 5 N–H and O–H groups in total. The molecule has 1 fully saturated rings. The smallest absolute Gasteiger partial charge is 0.322 e. The number of terminal acetylenes is 1. The van der Waals surface area contributed by atoms with E-state index in [9.17, 15) is 4.79 Å². The van der Waals surface area contributed by atoms with Crippen LogP contribution in [-0.2, 0) is 4.79 Å². The molecule has 0 aromatic rings. The van der Waals surface area contributed by atoms with Gasteiger partial charge in [-0.05, 0) is 0 Å². The van der Waals surface area contributed by atoms with Gasteiger partial charge in [-0.25, -0.2) is 0 Å². The van der Waals surface area contributed by atoms with Crippen molar-refractivity contribution in [2.45, 2.75) is 6.04 Å². The second-order valence-electron chi connectivity index (χ2n) is 3.21. The summed E-state index contributed by atoms with van der Waals surface area (Å²) in [6, 6.07) is -1.22. The van der Waals surface area contributed by atoms with Crippen LogP contribution in [0, 0.1) is 17.8 Å². The lowest BCUT2D eigenvalue weighted by atomic mass is 9.84. The van der Waals surface area contributed by atoms with Gasteiger partial charge in [-0.15, -0.1) is 6.42 Å². The van der Waals surface area contributed by atoms with Gasteiger partial charge in [-0.2, -0.15) is 10.6 Å². The maximum absolute atomic E-state index is 10.5. The number of carboxylic acid groups (broad SMARTS) is 1. The van der Waals surface area contributed by atoms with E-state index in [-0.39, 0.29) is 11.5 Å². The van der Waals surface area contributed by atoms with Crippen molar-refractivity contribution in [3.05, 3.63) is 0 Å². The molecule has 1 aliphatic heterocycles. The van der Waals surface area contributed by atoms with Crippen molar-refractivity contribution in [3.63, 3.8) is 0 Å². The van der Waals surface area contributed by atoms with E-state index < -0.39 is 28.0 Å². The van der Waals surface area contributed by atoms with Crippen LogP contribution in [0.15, 0.2) is 0 Å². The molecule has 0 unspecified atom stereocenters. The monoisotopic (exact) mass is 205 g/mol. The Kier molecular flexibility index (Phi) is 2.30. The van der Waals surface area contributed by atoms with Crippen molar-refractivity contribution >= 4 is 16.6 Å². The highest BCUT2D eigenvalue weighted by molar-refractivity contribution is 8.25.